The van der Waals surface area contributed by atoms with Crippen molar-refractivity contribution in [2.75, 3.05) is 6.61 Å². The van der Waals surface area contributed by atoms with Gasteiger partial charge >= 0.3 is 0 Å². The minimum Gasteiger partial charge on any atom is -0.396 e. The quantitative estimate of drug-likeness (QED) is 0.643. The van der Waals surface area contributed by atoms with Crippen LogP contribution in [-0.2, 0) is 0 Å². The van der Waals surface area contributed by atoms with Crippen molar-refractivity contribution in [3.8, 4) is 0 Å². The molecule has 0 aliphatic carbocycles. The van der Waals surface area contributed by atoms with E-state index in [9.17, 15) is 5.11 Å². The molecule has 0 saturated heterocycles. The first-order valence-corrected chi connectivity index (χ1v) is 5.39. The lowest BCUT2D eigenvalue weighted by molar-refractivity contribution is 0.123. The van der Waals surface area contributed by atoms with Crippen LogP contribution in [0.1, 0.15) is 46.5 Å². The highest BCUT2D eigenvalue weighted by Gasteiger charge is 2.12. The van der Waals surface area contributed by atoms with Crippen LogP contribution in [0.15, 0.2) is 0 Å². The molecule has 3 atom stereocenters. The highest BCUT2D eigenvalue weighted by atomic mass is 16.3. The maximum Gasteiger partial charge on any atom is 0.0542 e. The van der Waals surface area contributed by atoms with Crippen molar-refractivity contribution < 1.29 is 10.2 Å². The summed E-state index contributed by atoms with van der Waals surface area (Å²) in [6.07, 6.45) is 3.68. The topological polar surface area (TPSA) is 40.5 Å². The van der Waals surface area contributed by atoms with Gasteiger partial charge in [0.25, 0.3) is 0 Å². The zero-order chi connectivity index (χ0) is 10.3. The Hall–Kier alpha value is -0.0800. The minimum absolute atomic E-state index is 0.147. The number of hydrogen-bond donors (Lipinski definition) is 2. The second-order valence-electron chi connectivity index (χ2n) is 4.31. The third-order valence-electron chi connectivity index (χ3n) is 2.41. The monoisotopic (exact) mass is 188 g/mol. The van der Waals surface area contributed by atoms with Gasteiger partial charge in [0.2, 0.25) is 0 Å². The summed E-state index contributed by atoms with van der Waals surface area (Å²) in [7, 11) is 0. The average molecular weight is 188 g/mol. The van der Waals surface area contributed by atoms with Gasteiger partial charge in [0.05, 0.1) is 6.10 Å². The summed E-state index contributed by atoms with van der Waals surface area (Å²) >= 11 is 0. The maximum atomic E-state index is 9.54. The van der Waals surface area contributed by atoms with E-state index in [1.807, 2.05) is 6.92 Å². The van der Waals surface area contributed by atoms with Crippen LogP contribution in [0.4, 0.5) is 0 Å². The minimum atomic E-state index is -0.147. The molecular weight excluding hydrogens is 164 g/mol. The molecule has 0 fully saturated rings. The van der Waals surface area contributed by atoms with Crippen LogP contribution in [0.2, 0.25) is 0 Å². The first-order chi connectivity index (χ1) is 6.10. The van der Waals surface area contributed by atoms with Gasteiger partial charge in [0, 0.05) is 6.61 Å². The van der Waals surface area contributed by atoms with Gasteiger partial charge in [-0.2, -0.15) is 0 Å². The number of rotatable bonds is 7. The molecule has 0 heterocycles. The SMILES string of the molecule is CCC[C@H](O)C[C@@H](C)C[C@@H](C)CO. The molecule has 0 rings (SSSR count). The second-order valence-corrected chi connectivity index (χ2v) is 4.31. The van der Waals surface area contributed by atoms with Gasteiger partial charge in [-0.1, -0.05) is 27.2 Å². The Morgan fingerprint density at radius 1 is 1.08 bits per heavy atom. The van der Waals surface area contributed by atoms with E-state index in [4.69, 9.17) is 5.11 Å². The Kier molecular flexibility index (Phi) is 7.29. The largest absolute Gasteiger partial charge is 0.396 e. The van der Waals surface area contributed by atoms with E-state index in [0.29, 0.717) is 11.8 Å². The molecule has 0 aliphatic heterocycles. The third kappa shape index (κ3) is 7.03. The van der Waals surface area contributed by atoms with Crippen molar-refractivity contribution in [1.82, 2.24) is 0 Å². The predicted molar refractivity (Wildman–Crippen MR) is 55.6 cm³/mol. The summed E-state index contributed by atoms with van der Waals surface area (Å²) in [6, 6.07) is 0. The predicted octanol–water partition coefficient (Wildman–Crippen LogP) is 2.19. The lowest BCUT2D eigenvalue weighted by atomic mass is 9.92. The summed E-state index contributed by atoms with van der Waals surface area (Å²) < 4.78 is 0. The van der Waals surface area contributed by atoms with Crippen LogP contribution in [0, 0.1) is 11.8 Å². The van der Waals surface area contributed by atoms with E-state index in [2.05, 4.69) is 13.8 Å². The van der Waals surface area contributed by atoms with Gasteiger partial charge in [-0.05, 0) is 31.1 Å². The molecule has 0 aromatic heterocycles. The average Bonchev–Trinajstić information content (AvgIpc) is 2.04. The third-order valence-corrected chi connectivity index (χ3v) is 2.41. The Labute approximate surface area is 82.0 Å². The maximum absolute atomic E-state index is 9.54. The fraction of sp³-hybridized carbons (Fsp3) is 1.00. The van der Waals surface area contributed by atoms with E-state index in [1.165, 1.54) is 0 Å². The lowest BCUT2D eigenvalue weighted by Crippen LogP contribution is -2.14. The normalized spacial score (nSPS) is 18.2. The zero-order valence-corrected chi connectivity index (χ0v) is 9.16. The second kappa shape index (κ2) is 7.34. The summed E-state index contributed by atoms with van der Waals surface area (Å²) in [4.78, 5) is 0. The molecule has 0 spiro atoms. The van der Waals surface area contributed by atoms with Crippen molar-refractivity contribution >= 4 is 0 Å². The van der Waals surface area contributed by atoms with Gasteiger partial charge in [0.15, 0.2) is 0 Å². The van der Waals surface area contributed by atoms with Crippen LogP contribution in [0.25, 0.3) is 0 Å². The van der Waals surface area contributed by atoms with Crippen LogP contribution in [0.5, 0.6) is 0 Å². The van der Waals surface area contributed by atoms with E-state index in [1.54, 1.807) is 0 Å². The molecule has 0 bridgehead atoms. The smallest absolute Gasteiger partial charge is 0.0542 e. The Balaban J connectivity index is 3.54. The van der Waals surface area contributed by atoms with E-state index in [0.717, 1.165) is 25.7 Å². The fourth-order valence-corrected chi connectivity index (χ4v) is 1.77. The summed E-state index contributed by atoms with van der Waals surface area (Å²) in [5.74, 6) is 0.882. The summed E-state index contributed by atoms with van der Waals surface area (Å²) in [6.45, 7) is 6.53. The first-order valence-electron chi connectivity index (χ1n) is 5.39. The number of aliphatic hydroxyl groups is 2. The molecule has 0 saturated carbocycles. The Bertz CT molecular complexity index is 115. The highest BCUT2D eigenvalue weighted by molar-refractivity contribution is 4.64. The molecule has 0 aliphatic rings. The highest BCUT2D eigenvalue weighted by Crippen LogP contribution is 2.18. The molecule has 0 unspecified atom stereocenters. The fourth-order valence-electron chi connectivity index (χ4n) is 1.77. The molecular formula is C11H24O2. The van der Waals surface area contributed by atoms with Gasteiger partial charge in [-0.3, -0.25) is 0 Å². The van der Waals surface area contributed by atoms with E-state index >= 15 is 0 Å². The van der Waals surface area contributed by atoms with E-state index in [-0.39, 0.29) is 12.7 Å². The zero-order valence-electron chi connectivity index (χ0n) is 9.16. The van der Waals surface area contributed by atoms with Gasteiger partial charge < -0.3 is 10.2 Å². The molecule has 2 nitrogen and oxygen atoms in total. The van der Waals surface area contributed by atoms with Crippen molar-refractivity contribution in [2.24, 2.45) is 11.8 Å². The van der Waals surface area contributed by atoms with Crippen LogP contribution in [-0.4, -0.2) is 22.9 Å². The molecule has 0 radical (unpaired) electrons. The summed E-state index contributed by atoms with van der Waals surface area (Å²) in [5, 5.41) is 18.4. The summed E-state index contributed by atoms with van der Waals surface area (Å²) in [5.41, 5.74) is 0. The van der Waals surface area contributed by atoms with Crippen LogP contribution < -0.4 is 0 Å². The van der Waals surface area contributed by atoms with Gasteiger partial charge in [0.1, 0.15) is 0 Å². The molecule has 0 amide bonds. The van der Waals surface area contributed by atoms with Crippen molar-refractivity contribution in [1.29, 1.82) is 0 Å². The molecule has 13 heavy (non-hydrogen) atoms. The lowest BCUT2D eigenvalue weighted by Gasteiger charge is -2.18. The first kappa shape index (κ1) is 12.9. The van der Waals surface area contributed by atoms with Crippen molar-refractivity contribution in [3.05, 3.63) is 0 Å². The van der Waals surface area contributed by atoms with Crippen molar-refractivity contribution in [2.45, 2.75) is 52.6 Å². The number of hydrogen-bond acceptors (Lipinski definition) is 2. The van der Waals surface area contributed by atoms with Crippen molar-refractivity contribution in [3.63, 3.8) is 0 Å². The van der Waals surface area contributed by atoms with Crippen LogP contribution in [0.3, 0.4) is 0 Å². The van der Waals surface area contributed by atoms with Gasteiger partial charge in [-0.15, -0.1) is 0 Å². The Morgan fingerprint density at radius 2 is 1.69 bits per heavy atom. The van der Waals surface area contributed by atoms with Crippen LogP contribution >= 0.6 is 0 Å². The van der Waals surface area contributed by atoms with Gasteiger partial charge in [-0.25, -0.2) is 0 Å². The molecule has 80 valence electrons. The van der Waals surface area contributed by atoms with E-state index < -0.39 is 0 Å². The standard InChI is InChI=1S/C11H24O2/c1-4-5-11(13)7-9(2)6-10(3)8-12/h9-13H,4-8H2,1-3H3/t9-,10+,11-/m0/s1. The number of aliphatic hydroxyl groups excluding tert-OH is 2. The molecule has 2 heteroatoms. The molecule has 0 aromatic carbocycles. The Morgan fingerprint density at radius 3 is 2.15 bits per heavy atom. The molecule has 2 N–H and O–H groups in total. The molecule has 0 aromatic rings.